The molecule has 0 aliphatic carbocycles. The number of amides is 1. The van der Waals surface area contributed by atoms with E-state index in [2.05, 4.69) is 15.3 Å². The van der Waals surface area contributed by atoms with Crippen LogP contribution in [0.5, 0.6) is 0 Å². The number of ether oxygens (including phenoxy) is 1. The molecule has 0 bridgehead atoms. The second kappa shape index (κ2) is 5.99. The fourth-order valence-corrected chi connectivity index (χ4v) is 2.57. The molecule has 7 nitrogen and oxygen atoms in total. The molecule has 0 aliphatic heterocycles. The van der Waals surface area contributed by atoms with Crippen molar-refractivity contribution in [3.63, 3.8) is 0 Å². The van der Waals surface area contributed by atoms with E-state index in [0.717, 1.165) is 16.4 Å². The van der Waals surface area contributed by atoms with Crippen LogP contribution in [-0.4, -0.2) is 32.8 Å². The van der Waals surface area contributed by atoms with Crippen LogP contribution >= 0.6 is 0 Å². The van der Waals surface area contributed by atoms with E-state index in [1.807, 2.05) is 49.6 Å². The second-order valence-corrected chi connectivity index (χ2v) is 6.58. The van der Waals surface area contributed by atoms with Crippen molar-refractivity contribution in [2.75, 3.05) is 12.3 Å². The minimum Gasteiger partial charge on any atom is -0.444 e. The molecule has 3 rings (SSSR count). The van der Waals surface area contributed by atoms with Gasteiger partial charge in [0.1, 0.15) is 11.1 Å². The van der Waals surface area contributed by atoms with E-state index in [1.165, 1.54) is 0 Å². The SMILES string of the molecule is CC(C)(C)OC(=O)NCCn1cnc2c(N)nc3ccccc3c21. The van der Waals surface area contributed by atoms with Gasteiger partial charge >= 0.3 is 6.09 Å². The number of carbonyl (C=O) groups is 1. The van der Waals surface area contributed by atoms with Crippen molar-refractivity contribution in [2.24, 2.45) is 0 Å². The van der Waals surface area contributed by atoms with Crippen LogP contribution in [0.2, 0.25) is 0 Å². The summed E-state index contributed by atoms with van der Waals surface area (Å²) >= 11 is 0. The van der Waals surface area contributed by atoms with Crippen LogP contribution in [0.3, 0.4) is 0 Å². The number of aromatic nitrogens is 3. The van der Waals surface area contributed by atoms with Crippen molar-refractivity contribution in [1.82, 2.24) is 19.9 Å². The Kier molecular flexibility index (Phi) is 4.01. The number of nitrogens with two attached hydrogens (primary N) is 1. The van der Waals surface area contributed by atoms with E-state index in [-0.39, 0.29) is 0 Å². The molecule has 3 aromatic rings. The third-order valence-electron chi connectivity index (χ3n) is 3.50. The first-order valence-corrected chi connectivity index (χ1v) is 7.81. The largest absolute Gasteiger partial charge is 0.444 e. The van der Waals surface area contributed by atoms with E-state index in [9.17, 15) is 4.79 Å². The van der Waals surface area contributed by atoms with Gasteiger partial charge in [-0.15, -0.1) is 0 Å². The quantitative estimate of drug-likeness (QED) is 0.771. The normalized spacial score (nSPS) is 11.8. The summed E-state index contributed by atoms with van der Waals surface area (Å²) in [6.07, 6.45) is 1.28. The molecule has 0 saturated heterocycles. The van der Waals surface area contributed by atoms with E-state index in [0.29, 0.717) is 24.4 Å². The van der Waals surface area contributed by atoms with E-state index >= 15 is 0 Å². The maximum Gasteiger partial charge on any atom is 0.407 e. The van der Waals surface area contributed by atoms with Crippen molar-refractivity contribution in [3.05, 3.63) is 30.6 Å². The number of nitrogens with zero attached hydrogens (tertiary/aromatic N) is 3. The van der Waals surface area contributed by atoms with Crippen molar-refractivity contribution in [2.45, 2.75) is 32.9 Å². The highest BCUT2D eigenvalue weighted by Crippen LogP contribution is 2.26. The summed E-state index contributed by atoms with van der Waals surface area (Å²) in [5.41, 5.74) is 7.91. The number of anilines is 1. The Bertz CT molecular complexity index is 895. The monoisotopic (exact) mass is 327 g/mol. The van der Waals surface area contributed by atoms with E-state index in [4.69, 9.17) is 10.5 Å². The lowest BCUT2D eigenvalue weighted by Gasteiger charge is -2.19. The topological polar surface area (TPSA) is 95.1 Å². The Morgan fingerprint density at radius 2 is 2.08 bits per heavy atom. The highest BCUT2D eigenvalue weighted by Gasteiger charge is 2.16. The molecule has 1 amide bonds. The Morgan fingerprint density at radius 1 is 1.33 bits per heavy atom. The fraction of sp³-hybridized carbons (Fsp3) is 0.353. The highest BCUT2D eigenvalue weighted by atomic mass is 16.6. The first kappa shape index (κ1) is 16.0. The van der Waals surface area contributed by atoms with Gasteiger partial charge in [0.25, 0.3) is 0 Å². The van der Waals surface area contributed by atoms with E-state index in [1.54, 1.807) is 6.33 Å². The first-order valence-electron chi connectivity index (χ1n) is 7.81. The summed E-state index contributed by atoms with van der Waals surface area (Å²) in [5.74, 6) is 0.405. The zero-order valence-electron chi connectivity index (χ0n) is 14.0. The van der Waals surface area contributed by atoms with E-state index < -0.39 is 11.7 Å². The summed E-state index contributed by atoms with van der Waals surface area (Å²) in [6, 6.07) is 7.78. The molecule has 7 heteroatoms. The minimum atomic E-state index is -0.512. The van der Waals surface area contributed by atoms with Crippen LogP contribution in [0.4, 0.5) is 10.6 Å². The predicted molar refractivity (Wildman–Crippen MR) is 93.7 cm³/mol. The van der Waals surface area contributed by atoms with Gasteiger partial charge in [0.2, 0.25) is 0 Å². The van der Waals surface area contributed by atoms with Gasteiger partial charge in [0, 0.05) is 18.5 Å². The van der Waals surface area contributed by atoms with Crippen molar-refractivity contribution in [1.29, 1.82) is 0 Å². The molecule has 2 aromatic heterocycles. The average Bonchev–Trinajstić information content (AvgIpc) is 2.90. The van der Waals surface area contributed by atoms with Crippen LogP contribution in [0, 0.1) is 0 Å². The maximum atomic E-state index is 11.7. The molecule has 2 heterocycles. The number of para-hydroxylation sites is 1. The zero-order chi connectivity index (χ0) is 17.3. The number of carbonyl (C=O) groups excluding carboxylic acids is 1. The third-order valence-corrected chi connectivity index (χ3v) is 3.50. The van der Waals surface area contributed by atoms with Crippen LogP contribution in [0.15, 0.2) is 30.6 Å². The lowest BCUT2D eigenvalue weighted by Crippen LogP contribution is -2.34. The van der Waals surface area contributed by atoms with Crippen LogP contribution < -0.4 is 11.1 Å². The number of imidazole rings is 1. The third kappa shape index (κ3) is 3.24. The summed E-state index contributed by atoms with van der Waals surface area (Å²) in [6.45, 7) is 6.48. The molecule has 24 heavy (non-hydrogen) atoms. The fourth-order valence-electron chi connectivity index (χ4n) is 2.57. The van der Waals surface area contributed by atoms with Crippen molar-refractivity contribution in [3.8, 4) is 0 Å². The Balaban J connectivity index is 1.82. The summed E-state index contributed by atoms with van der Waals surface area (Å²) in [7, 11) is 0. The average molecular weight is 327 g/mol. The Labute approximate surface area is 139 Å². The zero-order valence-corrected chi connectivity index (χ0v) is 14.0. The lowest BCUT2D eigenvalue weighted by molar-refractivity contribution is 0.0526. The van der Waals surface area contributed by atoms with Gasteiger partial charge in [-0.25, -0.2) is 14.8 Å². The van der Waals surface area contributed by atoms with Gasteiger partial charge < -0.3 is 20.4 Å². The molecule has 0 aliphatic rings. The van der Waals surface area contributed by atoms with Crippen LogP contribution in [0.25, 0.3) is 21.9 Å². The Hall–Kier alpha value is -2.83. The van der Waals surface area contributed by atoms with Gasteiger partial charge in [-0.1, -0.05) is 18.2 Å². The van der Waals surface area contributed by atoms with Crippen LogP contribution in [0.1, 0.15) is 20.8 Å². The molecule has 0 radical (unpaired) electrons. The number of hydrogen-bond acceptors (Lipinski definition) is 5. The molecule has 0 saturated carbocycles. The minimum absolute atomic E-state index is 0.405. The summed E-state index contributed by atoms with van der Waals surface area (Å²) in [5, 5.41) is 3.73. The summed E-state index contributed by atoms with van der Waals surface area (Å²) < 4.78 is 7.19. The number of nitrogens with one attached hydrogen (secondary N) is 1. The summed E-state index contributed by atoms with van der Waals surface area (Å²) in [4.78, 5) is 20.5. The molecule has 1 aromatic carbocycles. The standard InChI is InChI=1S/C17H21N5O2/c1-17(2,3)24-16(23)19-8-9-22-10-20-13-14(22)11-6-4-5-7-12(11)21-15(13)18/h4-7,10H,8-9H2,1-3H3,(H2,18,21)(H,19,23). The number of fused-ring (bicyclic) bond motifs is 3. The first-order chi connectivity index (χ1) is 11.3. The predicted octanol–water partition coefficient (Wildman–Crippen LogP) is 2.69. The van der Waals surface area contributed by atoms with Gasteiger partial charge in [-0.2, -0.15) is 0 Å². The molecular weight excluding hydrogens is 306 g/mol. The number of rotatable bonds is 3. The van der Waals surface area contributed by atoms with Gasteiger partial charge in [-0.3, -0.25) is 0 Å². The number of pyridine rings is 1. The maximum absolute atomic E-state index is 11.7. The lowest BCUT2D eigenvalue weighted by atomic mass is 10.2. The number of hydrogen-bond donors (Lipinski definition) is 2. The van der Waals surface area contributed by atoms with Crippen LogP contribution in [-0.2, 0) is 11.3 Å². The smallest absolute Gasteiger partial charge is 0.407 e. The van der Waals surface area contributed by atoms with Gasteiger partial charge in [0.05, 0.1) is 17.4 Å². The highest BCUT2D eigenvalue weighted by molar-refractivity contribution is 6.06. The van der Waals surface area contributed by atoms with Gasteiger partial charge in [0.15, 0.2) is 5.82 Å². The molecular formula is C17H21N5O2. The molecule has 0 atom stereocenters. The van der Waals surface area contributed by atoms with Crippen molar-refractivity contribution >= 4 is 33.8 Å². The molecule has 3 N–H and O–H groups in total. The molecule has 0 unspecified atom stereocenters. The number of alkyl carbamates (subject to hydrolysis) is 1. The molecule has 0 fully saturated rings. The molecule has 126 valence electrons. The number of nitrogen functional groups attached to an aromatic ring is 1. The number of benzene rings is 1. The second-order valence-electron chi connectivity index (χ2n) is 6.58. The Morgan fingerprint density at radius 3 is 2.83 bits per heavy atom. The van der Waals surface area contributed by atoms with Crippen molar-refractivity contribution < 1.29 is 9.53 Å². The van der Waals surface area contributed by atoms with Gasteiger partial charge in [-0.05, 0) is 26.8 Å². The molecule has 0 spiro atoms.